The van der Waals surface area contributed by atoms with E-state index in [4.69, 9.17) is 10.5 Å². The maximum Gasteiger partial charge on any atom is 0.122 e. The number of ether oxygens (including phenoxy) is 1. The Labute approximate surface area is 92.4 Å². The molecule has 0 aliphatic carbocycles. The first-order valence-electron chi connectivity index (χ1n) is 5.43. The van der Waals surface area contributed by atoms with Crippen LogP contribution >= 0.6 is 0 Å². The first-order valence-corrected chi connectivity index (χ1v) is 5.43. The molecule has 2 N–H and O–H groups in total. The van der Waals surface area contributed by atoms with Crippen molar-refractivity contribution in [3.63, 3.8) is 0 Å². The normalized spacial score (nSPS) is 12.9. The summed E-state index contributed by atoms with van der Waals surface area (Å²) in [5, 5.41) is 0. The Bertz CT molecular complexity index is 320. The molecule has 15 heavy (non-hydrogen) atoms. The number of nitrogens with two attached hydrogens (primary N) is 1. The van der Waals surface area contributed by atoms with Gasteiger partial charge in [0.05, 0.1) is 7.11 Å². The summed E-state index contributed by atoms with van der Waals surface area (Å²) in [5.41, 5.74) is 8.53. The Morgan fingerprint density at radius 3 is 2.53 bits per heavy atom. The minimum Gasteiger partial charge on any atom is -0.496 e. The average molecular weight is 207 g/mol. The van der Waals surface area contributed by atoms with Gasteiger partial charge in [0, 0.05) is 6.04 Å². The van der Waals surface area contributed by atoms with E-state index >= 15 is 0 Å². The number of benzene rings is 1. The Morgan fingerprint density at radius 2 is 2.00 bits per heavy atom. The summed E-state index contributed by atoms with van der Waals surface area (Å²) in [6, 6.07) is 6.42. The van der Waals surface area contributed by atoms with Gasteiger partial charge >= 0.3 is 0 Å². The van der Waals surface area contributed by atoms with Crippen LogP contribution in [0.25, 0.3) is 0 Å². The number of methoxy groups -OCH3 is 1. The highest BCUT2D eigenvalue weighted by molar-refractivity contribution is 5.37. The van der Waals surface area contributed by atoms with Crippen molar-refractivity contribution in [2.45, 2.75) is 33.2 Å². The first kappa shape index (κ1) is 12.1. The summed E-state index contributed by atoms with van der Waals surface area (Å²) in [6.07, 6.45) is 0.878. The standard InChI is InChI=1S/C13H21NO/c1-9(2)12(14)8-11-7-10(3)5-6-13(11)15-4/h5-7,9,12H,8,14H2,1-4H3. The van der Waals surface area contributed by atoms with Crippen LogP contribution in [0.3, 0.4) is 0 Å². The molecule has 0 amide bonds. The van der Waals surface area contributed by atoms with Gasteiger partial charge in [0.1, 0.15) is 5.75 Å². The Hall–Kier alpha value is -1.02. The van der Waals surface area contributed by atoms with E-state index in [1.54, 1.807) is 7.11 Å². The van der Waals surface area contributed by atoms with E-state index in [-0.39, 0.29) is 6.04 Å². The van der Waals surface area contributed by atoms with Crippen LogP contribution in [0.5, 0.6) is 5.75 Å². The fourth-order valence-corrected chi connectivity index (χ4v) is 1.56. The van der Waals surface area contributed by atoms with Crippen LogP contribution in [-0.2, 0) is 6.42 Å². The number of hydrogen-bond donors (Lipinski definition) is 1. The van der Waals surface area contributed by atoms with Crippen molar-refractivity contribution >= 4 is 0 Å². The molecule has 0 aliphatic heterocycles. The van der Waals surface area contributed by atoms with Gasteiger partial charge < -0.3 is 10.5 Å². The van der Waals surface area contributed by atoms with E-state index in [2.05, 4.69) is 32.9 Å². The van der Waals surface area contributed by atoms with Crippen LogP contribution in [-0.4, -0.2) is 13.2 Å². The van der Waals surface area contributed by atoms with Crippen LogP contribution < -0.4 is 10.5 Å². The van der Waals surface area contributed by atoms with E-state index in [9.17, 15) is 0 Å². The lowest BCUT2D eigenvalue weighted by Gasteiger charge is -2.17. The summed E-state index contributed by atoms with van der Waals surface area (Å²) >= 11 is 0. The van der Waals surface area contributed by atoms with Crippen LogP contribution in [0.4, 0.5) is 0 Å². The fourth-order valence-electron chi connectivity index (χ4n) is 1.56. The molecular formula is C13H21NO. The summed E-state index contributed by atoms with van der Waals surface area (Å²) in [5.74, 6) is 1.44. The average Bonchev–Trinajstić information content (AvgIpc) is 2.18. The molecule has 0 bridgehead atoms. The predicted molar refractivity (Wildman–Crippen MR) is 64.2 cm³/mol. The zero-order valence-corrected chi connectivity index (χ0v) is 10.1. The minimum atomic E-state index is 0.195. The molecule has 0 heterocycles. The molecule has 0 saturated carbocycles. The zero-order valence-electron chi connectivity index (χ0n) is 10.1. The van der Waals surface area contributed by atoms with Gasteiger partial charge in [-0.2, -0.15) is 0 Å². The first-order chi connectivity index (χ1) is 7.04. The van der Waals surface area contributed by atoms with Crippen molar-refractivity contribution in [1.29, 1.82) is 0 Å². The van der Waals surface area contributed by atoms with Crippen molar-refractivity contribution in [3.05, 3.63) is 29.3 Å². The smallest absolute Gasteiger partial charge is 0.122 e. The molecule has 1 aromatic carbocycles. The fraction of sp³-hybridized carbons (Fsp3) is 0.538. The third kappa shape index (κ3) is 3.24. The lowest BCUT2D eigenvalue weighted by molar-refractivity contribution is 0.403. The molecule has 0 aliphatic rings. The number of hydrogen-bond acceptors (Lipinski definition) is 2. The predicted octanol–water partition coefficient (Wildman–Crippen LogP) is 2.53. The molecule has 1 aromatic rings. The molecule has 0 fully saturated rings. The molecule has 2 nitrogen and oxygen atoms in total. The van der Waals surface area contributed by atoms with Gasteiger partial charge in [0.2, 0.25) is 0 Å². The van der Waals surface area contributed by atoms with Crippen molar-refractivity contribution < 1.29 is 4.74 Å². The topological polar surface area (TPSA) is 35.2 Å². The summed E-state index contributed by atoms with van der Waals surface area (Å²) < 4.78 is 5.33. The maximum atomic E-state index is 6.07. The maximum absolute atomic E-state index is 6.07. The van der Waals surface area contributed by atoms with Gasteiger partial charge in [-0.3, -0.25) is 0 Å². The molecule has 1 rings (SSSR count). The van der Waals surface area contributed by atoms with Crippen LogP contribution in [0.2, 0.25) is 0 Å². The minimum absolute atomic E-state index is 0.195. The molecule has 2 heteroatoms. The molecular weight excluding hydrogens is 186 g/mol. The van der Waals surface area contributed by atoms with Gasteiger partial charge in [-0.25, -0.2) is 0 Å². The third-order valence-corrected chi connectivity index (χ3v) is 2.75. The van der Waals surface area contributed by atoms with Gasteiger partial charge in [0.15, 0.2) is 0 Å². The van der Waals surface area contributed by atoms with Crippen molar-refractivity contribution in [2.24, 2.45) is 11.7 Å². The van der Waals surface area contributed by atoms with Crippen LogP contribution in [0.15, 0.2) is 18.2 Å². The number of aryl methyl sites for hydroxylation is 1. The highest BCUT2D eigenvalue weighted by Crippen LogP contribution is 2.22. The third-order valence-electron chi connectivity index (χ3n) is 2.75. The second-order valence-corrected chi connectivity index (χ2v) is 4.43. The molecule has 0 radical (unpaired) electrons. The summed E-state index contributed by atoms with van der Waals surface area (Å²) in [4.78, 5) is 0. The molecule has 0 saturated heterocycles. The molecule has 1 unspecified atom stereocenters. The SMILES string of the molecule is COc1ccc(C)cc1CC(N)C(C)C. The molecule has 84 valence electrons. The van der Waals surface area contributed by atoms with Crippen molar-refractivity contribution in [3.8, 4) is 5.75 Å². The lowest BCUT2D eigenvalue weighted by atomic mass is 9.96. The Morgan fingerprint density at radius 1 is 1.33 bits per heavy atom. The van der Waals surface area contributed by atoms with E-state index < -0.39 is 0 Å². The summed E-state index contributed by atoms with van der Waals surface area (Å²) in [6.45, 7) is 6.38. The zero-order chi connectivity index (χ0) is 11.4. The second-order valence-electron chi connectivity index (χ2n) is 4.43. The van der Waals surface area contributed by atoms with Gasteiger partial charge in [-0.1, -0.05) is 31.5 Å². The van der Waals surface area contributed by atoms with Gasteiger partial charge in [-0.15, -0.1) is 0 Å². The number of rotatable bonds is 4. The van der Waals surface area contributed by atoms with E-state index in [0.29, 0.717) is 5.92 Å². The quantitative estimate of drug-likeness (QED) is 0.823. The van der Waals surface area contributed by atoms with E-state index in [1.807, 2.05) is 6.07 Å². The second kappa shape index (κ2) is 5.17. The van der Waals surface area contributed by atoms with Crippen molar-refractivity contribution in [1.82, 2.24) is 0 Å². The van der Waals surface area contributed by atoms with Crippen LogP contribution in [0, 0.1) is 12.8 Å². The Balaban J connectivity index is 2.87. The highest BCUT2D eigenvalue weighted by atomic mass is 16.5. The van der Waals surface area contributed by atoms with Crippen molar-refractivity contribution in [2.75, 3.05) is 7.11 Å². The lowest BCUT2D eigenvalue weighted by Crippen LogP contribution is -2.28. The van der Waals surface area contributed by atoms with E-state index in [1.165, 1.54) is 11.1 Å². The molecule has 0 aromatic heterocycles. The largest absolute Gasteiger partial charge is 0.496 e. The van der Waals surface area contributed by atoms with Crippen LogP contribution in [0.1, 0.15) is 25.0 Å². The summed E-state index contributed by atoms with van der Waals surface area (Å²) in [7, 11) is 1.70. The molecule has 1 atom stereocenters. The van der Waals surface area contributed by atoms with Gasteiger partial charge in [0.25, 0.3) is 0 Å². The van der Waals surface area contributed by atoms with E-state index in [0.717, 1.165) is 12.2 Å². The highest BCUT2D eigenvalue weighted by Gasteiger charge is 2.11. The van der Waals surface area contributed by atoms with Gasteiger partial charge in [-0.05, 0) is 30.9 Å². The monoisotopic (exact) mass is 207 g/mol. The Kier molecular flexibility index (Phi) is 4.15. The molecule has 0 spiro atoms.